The molecule has 2 atom stereocenters. The number of esters is 1. The Labute approximate surface area is 118 Å². The van der Waals surface area contributed by atoms with E-state index in [1.165, 1.54) is 0 Å². The van der Waals surface area contributed by atoms with Crippen LogP contribution in [0.3, 0.4) is 0 Å². The van der Waals surface area contributed by atoms with Crippen LogP contribution in [0.15, 0.2) is 0 Å². The van der Waals surface area contributed by atoms with Crippen molar-refractivity contribution in [2.45, 2.75) is 19.2 Å². The Bertz CT molecular complexity index is 170. The fourth-order valence-electron chi connectivity index (χ4n) is 1.13. The summed E-state index contributed by atoms with van der Waals surface area (Å²) in [5.74, 6) is -1.61. The van der Waals surface area contributed by atoms with Crippen LogP contribution in [0.25, 0.3) is 0 Å². The van der Waals surface area contributed by atoms with E-state index in [0.29, 0.717) is 6.42 Å². The number of hydrogen-bond acceptors (Lipinski definition) is 2. The SMILES string of the molecule is CCOC(=O)[C@@H]1C[C@@H]1[BH-](F)F.F.[K+]. The van der Waals surface area contributed by atoms with Gasteiger partial charge in [0.15, 0.2) is 0 Å². The van der Waals surface area contributed by atoms with E-state index in [-0.39, 0.29) is 62.7 Å². The predicted octanol–water partition coefficient (Wildman–Crippen LogP) is -1.74. The zero-order valence-corrected chi connectivity index (χ0v) is 10.9. The second-order valence-corrected chi connectivity index (χ2v) is 2.76. The molecule has 1 aliphatic rings. The van der Waals surface area contributed by atoms with Gasteiger partial charge in [-0.25, -0.2) is 0 Å². The summed E-state index contributed by atoms with van der Waals surface area (Å²) in [4.78, 5) is 10.8. The second-order valence-electron chi connectivity index (χ2n) is 2.76. The van der Waals surface area contributed by atoms with Crippen LogP contribution in [-0.2, 0) is 9.53 Å². The number of hydrogen-bond donors (Lipinski definition) is 0. The zero-order chi connectivity index (χ0) is 8.43. The van der Waals surface area contributed by atoms with Gasteiger partial charge in [-0.05, 0) is 6.92 Å². The molecule has 1 aliphatic carbocycles. The fourth-order valence-corrected chi connectivity index (χ4v) is 1.13. The Morgan fingerprint density at radius 2 is 2.15 bits per heavy atom. The Morgan fingerprint density at radius 1 is 1.62 bits per heavy atom. The molecule has 0 aromatic heterocycles. The van der Waals surface area contributed by atoms with Crippen LogP contribution in [0.2, 0.25) is 5.82 Å². The normalized spacial score (nSPS) is 24.3. The third-order valence-electron chi connectivity index (χ3n) is 1.91. The Hall–Kier alpha value is 0.961. The summed E-state index contributed by atoms with van der Waals surface area (Å²) in [6, 6.07) is 0. The van der Waals surface area contributed by atoms with Gasteiger partial charge in [-0.1, -0.05) is 12.2 Å². The van der Waals surface area contributed by atoms with Crippen LogP contribution in [0.5, 0.6) is 0 Å². The van der Waals surface area contributed by atoms with Crippen LogP contribution in [0.1, 0.15) is 13.3 Å². The van der Waals surface area contributed by atoms with Gasteiger partial charge in [-0.3, -0.25) is 9.50 Å². The van der Waals surface area contributed by atoms with E-state index in [4.69, 9.17) is 0 Å². The molecule has 7 heteroatoms. The molecule has 1 saturated carbocycles. The first kappa shape index (κ1) is 16.4. The molecule has 0 aromatic rings. The van der Waals surface area contributed by atoms with Gasteiger partial charge in [0.2, 0.25) is 0 Å². The molecule has 0 aliphatic heterocycles. The van der Waals surface area contributed by atoms with E-state index < -0.39 is 25.0 Å². The van der Waals surface area contributed by atoms with Crippen molar-refractivity contribution in [3.05, 3.63) is 0 Å². The summed E-state index contributed by atoms with van der Waals surface area (Å²) in [6.45, 7) is 1.95. The number of carbonyl (C=O) groups excluding carboxylic acids is 1. The van der Waals surface area contributed by atoms with Crippen molar-refractivity contribution in [3.8, 4) is 0 Å². The monoisotopic (exact) mass is 222 g/mol. The Balaban J connectivity index is 0. The molecule has 1 rings (SSSR count). The van der Waals surface area contributed by atoms with Crippen molar-refractivity contribution in [3.63, 3.8) is 0 Å². The summed E-state index contributed by atoms with van der Waals surface area (Å²) >= 11 is 0. The van der Waals surface area contributed by atoms with Gasteiger partial charge in [0.1, 0.15) is 0 Å². The standard InChI is InChI=1S/C6H10BF2O2.FH.K/c1-2-11-6(10)4-3-5(4)7(8)9;;/h4-5,7H,2-3H2,1H3;1H;/q-1;;+1/t4-,5+;;/m1../s1. The maximum absolute atomic E-state index is 11.9. The molecule has 2 nitrogen and oxygen atoms in total. The molecule has 0 N–H and O–H groups in total. The van der Waals surface area contributed by atoms with Gasteiger partial charge in [-0.2, -0.15) is 0 Å². The molecule has 0 bridgehead atoms. The molecule has 0 amide bonds. The van der Waals surface area contributed by atoms with Gasteiger partial charge in [-0.15, -0.1) is 0 Å². The van der Waals surface area contributed by atoms with Crippen LogP contribution < -0.4 is 51.4 Å². The first-order valence-electron chi connectivity index (χ1n) is 3.79. The number of halogens is 3. The number of ether oxygens (including phenoxy) is 1. The quantitative estimate of drug-likeness (QED) is 0.418. The predicted molar refractivity (Wildman–Crippen MR) is 40.4 cm³/mol. The second kappa shape index (κ2) is 7.28. The van der Waals surface area contributed by atoms with Crippen LogP contribution in [-0.4, -0.2) is 19.8 Å². The van der Waals surface area contributed by atoms with Gasteiger partial charge in [0, 0.05) is 5.92 Å². The molecule has 13 heavy (non-hydrogen) atoms. The molecule has 0 unspecified atom stereocenters. The maximum atomic E-state index is 11.9. The Morgan fingerprint density at radius 3 is 2.46 bits per heavy atom. The third kappa shape index (κ3) is 4.83. The van der Waals surface area contributed by atoms with Crippen LogP contribution in [0.4, 0.5) is 13.3 Å². The van der Waals surface area contributed by atoms with E-state index in [1.807, 2.05) is 0 Å². The average molecular weight is 222 g/mol. The fraction of sp³-hybridized carbons (Fsp3) is 0.833. The molecule has 0 radical (unpaired) electrons. The first-order valence-corrected chi connectivity index (χ1v) is 3.79. The summed E-state index contributed by atoms with van der Waals surface area (Å²) < 4.78 is 28.5. The molecule has 0 spiro atoms. The van der Waals surface area contributed by atoms with E-state index in [1.54, 1.807) is 6.92 Å². The van der Waals surface area contributed by atoms with Crippen molar-refractivity contribution in [1.29, 1.82) is 0 Å². The minimum Gasteiger partial charge on any atom is -0.481 e. The molecule has 72 valence electrons. The topological polar surface area (TPSA) is 26.3 Å². The minimum atomic E-state index is -3.09. The molecule has 0 heterocycles. The van der Waals surface area contributed by atoms with E-state index in [2.05, 4.69) is 4.74 Å². The first-order chi connectivity index (χ1) is 5.16. The summed E-state index contributed by atoms with van der Waals surface area (Å²) in [7, 11) is -3.09. The minimum absolute atomic E-state index is 0. The third-order valence-corrected chi connectivity index (χ3v) is 1.91. The molecule has 0 aromatic carbocycles. The molecular weight excluding hydrogens is 211 g/mol. The summed E-state index contributed by atoms with van der Waals surface area (Å²) in [5, 5.41) is 0. The summed E-state index contributed by atoms with van der Waals surface area (Å²) in [5.41, 5.74) is 0. The van der Waals surface area contributed by atoms with Crippen molar-refractivity contribution >= 4 is 13.2 Å². The smallest absolute Gasteiger partial charge is 0.481 e. The van der Waals surface area contributed by atoms with E-state index in [0.717, 1.165) is 0 Å². The van der Waals surface area contributed by atoms with E-state index in [9.17, 15) is 13.4 Å². The Kier molecular flexibility index (Phi) is 9.18. The largest absolute Gasteiger partial charge is 1.00 e. The van der Waals surface area contributed by atoms with Crippen molar-refractivity contribution < 1.29 is 74.3 Å². The van der Waals surface area contributed by atoms with Crippen molar-refractivity contribution in [2.24, 2.45) is 5.92 Å². The summed E-state index contributed by atoms with van der Waals surface area (Å²) in [6.07, 6.45) is 0.325. The molecular formula is C6H11BF3KO2. The van der Waals surface area contributed by atoms with Crippen molar-refractivity contribution in [2.75, 3.05) is 6.61 Å². The van der Waals surface area contributed by atoms with Crippen molar-refractivity contribution in [1.82, 2.24) is 0 Å². The van der Waals surface area contributed by atoms with Crippen LogP contribution in [0, 0.1) is 5.92 Å². The number of rotatable bonds is 3. The van der Waals surface area contributed by atoms with Crippen LogP contribution >= 0.6 is 0 Å². The van der Waals surface area contributed by atoms with Gasteiger partial charge in [0.25, 0.3) is 7.27 Å². The van der Waals surface area contributed by atoms with E-state index >= 15 is 0 Å². The molecule has 1 fully saturated rings. The maximum Gasteiger partial charge on any atom is 1.00 e. The van der Waals surface area contributed by atoms with Gasteiger partial charge < -0.3 is 13.4 Å². The molecule has 0 saturated heterocycles. The zero-order valence-electron chi connectivity index (χ0n) is 7.76. The average Bonchev–Trinajstić information content (AvgIpc) is 2.65. The van der Waals surface area contributed by atoms with Gasteiger partial charge >= 0.3 is 57.4 Å². The number of carbonyl (C=O) groups is 1. The van der Waals surface area contributed by atoms with Gasteiger partial charge in [0.05, 0.1) is 6.61 Å².